The zero-order valence-corrected chi connectivity index (χ0v) is 19.7. The minimum atomic E-state index is 0.392. The van der Waals surface area contributed by atoms with Crippen LogP contribution in [-0.2, 0) is 6.61 Å². The summed E-state index contributed by atoms with van der Waals surface area (Å²) in [5.74, 6) is 2.68. The molecule has 4 rings (SSSR count). The first kappa shape index (κ1) is 23.1. The van der Waals surface area contributed by atoms with E-state index < -0.39 is 0 Å². The second kappa shape index (κ2) is 11.2. The Morgan fingerprint density at radius 2 is 1.82 bits per heavy atom. The Bertz CT molecular complexity index is 1300. The Labute approximate surface area is 202 Å². The molecule has 0 bridgehead atoms. The maximum atomic E-state index is 5.91. The van der Waals surface area contributed by atoms with Gasteiger partial charge in [-0.1, -0.05) is 30.3 Å². The molecule has 0 fully saturated rings. The van der Waals surface area contributed by atoms with Gasteiger partial charge in [-0.3, -0.25) is 0 Å². The van der Waals surface area contributed by atoms with E-state index >= 15 is 0 Å². The predicted octanol–water partition coefficient (Wildman–Crippen LogP) is 5.17. The van der Waals surface area contributed by atoms with Crippen molar-refractivity contribution in [2.24, 2.45) is 5.10 Å². The highest BCUT2D eigenvalue weighted by atomic mass is 32.1. The molecule has 0 atom stereocenters. The second-order valence-corrected chi connectivity index (χ2v) is 7.57. The fraction of sp³-hybridized carbons (Fsp3) is 0.160. The number of methoxy groups -OCH3 is 1. The number of nitrogens with one attached hydrogen (secondary N) is 2. The van der Waals surface area contributed by atoms with Gasteiger partial charge in [-0.15, -0.1) is 0 Å². The van der Waals surface area contributed by atoms with Gasteiger partial charge in [-0.05, 0) is 72.7 Å². The lowest BCUT2D eigenvalue weighted by Crippen LogP contribution is -2.10. The molecule has 8 nitrogen and oxygen atoms in total. The lowest BCUT2D eigenvalue weighted by atomic mass is 10.2. The maximum absolute atomic E-state index is 5.91. The largest absolute Gasteiger partial charge is 0.494 e. The molecule has 2 N–H and O–H groups in total. The van der Waals surface area contributed by atoms with Crippen LogP contribution in [0.25, 0.3) is 11.4 Å². The summed E-state index contributed by atoms with van der Waals surface area (Å²) in [6.07, 6.45) is 1.67. The van der Waals surface area contributed by atoms with Crippen LogP contribution in [0.15, 0.2) is 77.9 Å². The summed E-state index contributed by atoms with van der Waals surface area (Å²) in [5, 5.41) is 11.4. The van der Waals surface area contributed by atoms with Crippen LogP contribution in [0.1, 0.15) is 18.1 Å². The van der Waals surface area contributed by atoms with Crippen molar-refractivity contribution in [1.82, 2.24) is 14.9 Å². The number of nitrogens with zero attached hydrogens (tertiary/aromatic N) is 3. The van der Waals surface area contributed by atoms with Crippen LogP contribution in [-0.4, -0.2) is 34.8 Å². The minimum absolute atomic E-state index is 0.392. The molecule has 0 aliphatic carbocycles. The molecule has 3 aromatic carbocycles. The van der Waals surface area contributed by atoms with Crippen molar-refractivity contribution < 1.29 is 14.2 Å². The number of aromatic amines is 1. The van der Waals surface area contributed by atoms with Gasteiger partial charge in [0.15, 0.2) is 17.3 Å². The molecule has 0 radical (unpaired) electrons. The second-order valence-electron chi connectivity index (χ2n) is 7.19. The summed E-state index contributed by atoms with van der Waals surface area (Å²) >= 11 is 5.34. The average molecular weight is 476 g/mol. The molecular formula is C25H25N5O3S. The molecule has 0 aliphatic heterocycles. The lowest BCUT2D eigenvalue weighted by Gasteiger charge is -2.11. The fourth-order valence-corrected chi connectivity index (χ4v) is 3.40. The molecule has 34 heavy (non-hydrogen) atoms. The van der Waals surface area contributed by atoms with Crippen molar-refractivity contribution in [3.63, 3.8) is 0 Å². The van der Waals surface area contributed by atoms with Gasteiger partial charge in [0.05, 0.1) is 19.9 Å². The summed E-state index contributed by atoms with van der Waals surface area (Å²) < 4.78 is 18.9. The molecule has 0 aliphatic rings. The quantitative estimate of drug-likeness (QED) is 0.187. The Morgan fingerprint density at radius 1 is 1.03 bits per heavy atom. The molecular weight excluding hydrogens is 450 g/mol. The summed E-state index contributed by atoms with van der Waals surface area (Å²) in [6.45, 7) is 3.01. The average Bonchev–Trinajstić information content (AvgIpc) is 3.24. The first-order chi connectivity index (χ1) is 16.7. The lowest BCUT2D eigenvalue weighted by molar-refractivity contribution is 0.284. The summed E-state index contributed by atoms with van der Waals surface area (Å²) in [5.41, 5.74) is 5.70. The summed E-state index contributed by atoms with van der Waals surface area (Å²) in [6, 6.07) is 23.2. The standard InChI is InChI=1S/C25H25N5O3S/c1-3-32-21-12-10-20(11-13-21)24-27-28-25(34)30(24)29-26-16-19-9-14-22(23(15-19)31-2)33-17-18-7-5-4-6-8-18/h4-16,29H,3,17H2,1-2H3,(H,28,34)/b26-16+. The third-order valence-electron chi connectivity index (χ3n) is 4.89. The van der Waals surface area contributed by atoms with E-state index in [9.17, 15) is 0 Å². The number of H-pyrrole nitrogens is 1. The molecule has 0 unspecified atom stereocenters. The summed E-state index contributed by atoms with van der Waals surface area (Å²) in [4.78, 5) is 0. The Hall–Kier alpha value is -4.11. The first-order valence-electron chi connectivity index (χ1n) is 10.7. The third kappa shape index (κ3) is 5.62. The number of ether oxygens (including phenoxy) is 3. The van der Waals surface area contributed by atoms with Gasteiger partial charge in [0, 0.05) is 5.56 Å². The summed E-state index contributed by atoms with van der Waals surface area (Å²) in [7, 11) is 1.61. The van der Waals surface area contributed by atoms with E-state index in [1.807, 2.05) is 79.7 Å². The molecule has 1 aromatic heterocycles. The van der Waals surface area contributed by atoms with E-state index in [1.165, 1.54) is 0 Å². The normalized spacial score (nSPS) is 10.9. The van der Waals surface area contributed by atoms with Crippen molar-refractivity contribution in [1.29, 1.82) is 0 Å². The number of rotatable bonds is 10. The predicted molar refractivity (Wildman–Crippen MR) is 135 cm³/mol. The van der Waals surface area contributed by atoms with Gasteiger partial charge < -0.3 is 14.2 Å². The Kier molecular flexibility index (Phi) is 7.56. The van der Waals surface area contributed by atoms with E-state index in [4.69, 9.17) is 26.4 Å². The van der Waals surface area contributed by atoms with Crippen molar-refractivity contribution >= 4 is 18.4 Å². The van der Waals surface area contributed by atoms with E-state index in [-0.39, 0.29) is 0 Å². The topological polar surface area (TPSA) is 85.7 Å². The van der Waals surface area contributed by atoms with Crippen molar-refractivity contribution in [3.05, 3.63) is 88.7 Å². The highest BCUT2D eigenvalue weighted by Crippen LogP contribution is 2.28. The number of benzene rings is 3. The van der Waals surface area contributed by atoms with Crippen molar-refractivity contribution in [3.8, 4) is 28.6 Å². The molecule has 0 spiro atoms. The van der Waals surface area contributed by atoms with Gasteiger partial charge >= 0.3 is 0 Å². The van der Waals surface area contributed by atoms with E-state index in [1.54, 1.807) is 18.0 Å². The van der Waals surface area contributed by atoms with Crippen LogP contribution in [0.2, 0.25) is 0 Å². The van der Waals surface area contributed by atoms with Crippen LogP contribution in [0.5, 0.6) is 17.2 Å². The first-order valence-corrected chi connectivity index (χ1v) is 11.1. The highest BCUT2D eigenvalue weighted by molar-refractivity contribution is 7.71. The zero-order valence-electron chi connectivity index (χ0n) is 18.9. The van der Waals surface area contributed by atoms with Crippen molar-refractivity contribution in [2.45, 2.75) is 13.5 Å². The number of hydrogen-bond donors (Lipinski definition) is 2. The highest BCUT2D eigenvalue weighted by Gasteiger charge is 2.09. The zero-order chi connectivity index (χ0) is 23.8. The maximum Gasteiger partial charge on any atom is 0.216 e. The van der Waals surface area contributed by atoms with Gasteiger partial charge in [0.1, 0.15) is 12.4 Å². The van der Waals surface area contributed by atoms with Gasteiger partial charge in [-0.2, -0.15) is 14.9 Å². The minimum Gasteiger partial charge on any atom is -0.494 e. The van der Waals surface area contributed by atoms with Crippen LogP contribution < -0.4 is 19.7 Å². The van der Waals surface area contributed by atoms with Gasteiger partial charge in [-0.25, -0.2) is 10.6 Å². The molecule has 0 saturated carbocycles. The molecule has 1 heterocycles. The van der Waals surface area contributed by atoms with E-state index in [2.05, 4.69) is 20.8 Å². The van der Waals surface area contributed by atoms with Crippen LogP contribution in [0.4, 0.5) is 0 Å². The molecule has 174 valence electrons. The number of hydrogen-bond acceptors (Lipinski definition) is 7. The smallest absolute Gasteiger partial charge is 0.216 e. The van der Waals surface area contributed by atoms with Crippen LogP contribution >= 0.6 is 12.2 Å². The van der Waals surface area contributed by atoms with Crippen LogP contribution in [0, 0.1) is 4.77 Å². The van der Waals surface area contributed by atoms with Gasteiger partial charge in [0.2, 0.25) is 4.77 Å². The Balaban J connectivity index is 1.45. The number of aromatic nitrogens is 3. The van der Waals surface area contributed by atoms with Crippen LogP contribution in [0.3, 0.4) is 0 Å². The molecule has 0 amide bonds. The van der Waals surface area contributed by atoms with Crippen molar-refractivity contribution in [2.75, 3.05) is 19.3 Å². The molecule has 0 saturated heterocycles. The number of hydrazone groups is 1. The van der Waals surface area contributed by atoms with Gasteiger partial charge in [0.25, 0.3) is 0 Å². The SMILES string of the molecule is CCOc1ccc(-c2n[nH]c(=S)n2N/N=C/c2ccc(OCc3ccccc3)c(OC)c2)cc1. The monoisotopic (exact) mass is 475 g/mol. The Morgan fingerprint density at radius 3 is 2.56 bits per heavy atom. The third-order valence-corrected chi connectivity index (χ3v) is 5.17. The fourth-order valence-electron chi connectivity index (χ4n) is 3.23. The van der Waals surface area contributed by atoms with E-state index in [0.29, 0.717) is 35.3 Å². The molecule has 4 aromatic rings. The van der Waals surface area contributed by atoms with E-state index in [0.717, 1.165) is 22.4 Å². The molecule has 9 heteroatoms.